The Kier molecular flexibility index (Phi) is 6.55. The molecule has 1 spiro atoms. The molecule has 0 bridgehead atoms. The van der Waals surface area contributed by atoms with Crippen molar-refractivity contribution in [3.63, 3.8) is 0 Å². The van der Waals surface area contributed by atoms with Crippen LogP contribution in [-0.4, -0.2) is 9.97 Å². The van der Waals surface area contributed by atoms with Crippen LogP contribution >= 0.6 is 0 Å². The molecule has 2 heterocycles. The number of benzene rings is 8. The Balaban J connectivity index is 1.10. The second-order valence-electron chi connectivity index (χ2n) is 14.8. The van der Waals surface area contributed by atoms with Crippen LogP contribution in [0.1, 0.15) is 22.3 Å². The molecule has 0 aliphatic heterocycles. The van der Waals surface area contributed by atoms with E-state index in [-0.39, 0.29) is 0 Å². The Labute approximate surface area is 324 Å². The van der Waals surface area contributed by atoms with Crippen molar-refractivity contribution < 1.29 is 4.42 Å². The molecule has 12 rings (SSSR count). The lowest BCUT2D eigenvalue weighted by Crippen LogP contribution is -2.29. The molecule has 0 saturated carbocycles. The Bertz CT molecular complexity index is 3140. The topological polar surface area (TPSA) is 38.9 Å². The molecule has 0 amide bonds. The zero-order valence-corrected chi connectivity index (χ0v) is 30.3. The normalized spacial score (nSPS) is 13.1. The van der Waals surface area contributed by atoms with Crippen molar-refractivity contribution in [2.24, 2.45) is 0 Å². The van der Waals surface area contributed by atoms with Crippen LogP contribution in [-0.2, 0) is 5.41 Å². The molecule has 3 nitrogen and oxygen atoms in total. The third-order valence-electron chi connectivity index (χ3n) is 11.9. The highest BCUT2D eigenvalue weighted by atomic mass is 16.3. The van der Waals surface area contributed by atoms with E-state index in [1.54, 1.807) is 0 Å². The van der Waals surface area contributed by atoms with Crippen molar-refractivity contribution >= 4 is 21.9 Å². The van der Waals surface area contributed by atoms with Gasteiger partial charge in [0.15, 0.2) is 5.82 Å². The van der Waals surface area contributed by atoms with Gasteiger partial charge in [-0.15, -0.1) is 0 Å². The first-order chi connectivity index (χ1) is 27.8. The van der Waals surface area contributed by atoms with E-state index in [1.165, 1.54) is 55.6 Å². The first kappa shape index (κ1) is 31.0. The maximum absolute atomic E-state index is 6.31. The first-order valence-electron chi connectivity index (χ1n) is 19.2. The molecule has 0 N–H and O–H groups in total. The van der Waals surface area contributed by atoms with Crippen LogP contribution in [0.5, 0.6) is 0 Å². The van der Waals surface area contributed by atoms with E-state index in [0.717, 1.165) is 50.0 Å². The predicted octanol–water partition coefficient (Wildman–Crippen LogP) is 13.4. The van der Waals surface area contributed by atoms with Gasteiger partial charge in [0.05, 0.1) is 16.8 Å². The summed E-state index contributed by atoms with van der Waals surface area (Å²) in [6.07, 6.45) is 0. The number of nitrogens with zero attached hydrogens (tertiary/aromatic N) is 2. The number of aromatic nitrogens is 2. The van der Waals surface area contributed by atoms with Gasteiger partial charge in [0.1, 0.15) is 11.2 Å². The van der Waals surface area contributed by atoms with E-state index >= 15 is 0 Å². The van der Waals surface area contributed by atoms with Crippen molar-refractivity contribution in [3.8, 4) is 67.3 Å². The fraction of sp³-hybridized carbons (Fsp3) is 0.0189. The van der Waals surface area contributed by atoms with Crippen LogP contribution in [0.4, 0.5) is 0 Å². The Morgan fingerprint density at radius 3 is 1.50 bits per heavy atom. The smallest absolute Gasteiger partial charge is 0.160 e. The van der Waals surface area contributed by atoms with Gasteiger partial charge >= 0.3 is 0 Å². The highest BCUT2D eigenvalue weighted by molar-refractivity contribution is 6.06. The number of para-hydroxylation sites is 1. The highest BCUT2D eigenvalue weighted by Crippen LogP contribution is 2.61. The quantitative estimate of drug-likeness (QED) is 0.183. The maximum atomic E-state index is 6.31. The van der Waals surface area contributed by atoms with E-state index < -0.39 is 5.41 Å². The molecule has 0 radical (unpaired) electrons. The monoisotopic (exact) mass is 712 g/mol. The Hall–Kier alpha value is -7.36. The fourth-order valence-electron chi connectivity index (χ4n) is 9.56. The van der Waals surface area contributed by atoms with Crippen LogP contribution in [0, 0.1) is 0 Å². The van der Waals surface area contributed by atoms with Gasteiger partial charge in [-0.25, -0.2) is 9.97 Å². The summed E-state index contributed by atoms with van der Waals surface area (Å²) in [4.78, 5) is 10.5. The standard InChI is InChI=1S/C53H32N2O/c1-2-14-33(15-3-1)48-32-49(55-52(54-48)35-26-28-42-41-21-9-13-25-50(41)56-51(42)31-35)34-27-29-47-43(30-34)40-20-8-12-24-46(40)53(47)44-22-10-6-18-38(44)36-16-4-5-17-37(36)39-19-7-11-23-45(39)53/h1-32H. The van der Waals surface area contributed by atoms with E-state index in [4.69, 9.17) is 14.4 Å². The predicted molar refractivity (Wildman–Crippen MR) is 227 cm³/mol. The van der Waals surface area contributed by atoms with Crippen molar-refractivity contribution in [1.82, 2.24) is 9.97 Å². The molecule has 8 aromatic carbocycles. The summed E-state index contributed by atoms with van der Waals surface area (Å²) in [5.74, 6) is 0.658. The molecule has 56 heavy (non-hydrogen) atoms. The molecular weight excluding hydrogens is 681 g/mol. The average Bonchev–Trinajstić information content (AvgIpc) is 3.76. The number of rotatable bonds is 3. The molecule has 3 heteroatoms. The minimum absolute atomic E-state index is 0.523. The van der Waals surface area contributed by atoms with Crippen LogP contribution in [0.25, 0.3) is 89.2 Å². The number of fused-ring (bicyclic) bond motifs is 15. The van der Waals surface area contributed by atoms with Crippen LogP contribution in [0.15, 0.2) is 199 Å². The Morgan fingerprint density at radius 1 is 0.321 bits per heavy atom. The molecule has 0 fully saturated rings. The van der Waals surface area contributed by atoms with E-state index in [2.05, 4.69) is 170 Å². The van der Waals surface area contributed by atoms with Crippen molar-refractivity contribution in [2.75, 3.05) is 0 Å². The van der Waals surface area contributed by atoms with Crippen LogP contribution in [0.2, 0.25) is 0 Å². The van der Waals surface area contributed by atoms with E-state index in [0.29, 0.717) is 5.82 Å². The molecule has 10 aromatic rings. The molecular formula is C53H32N2O. The molecule has 2 aromatic heterocycles. The lowest BCUT2D eigenvalue weighted by Gasteiger charge is -2.35. The summed E-state index contributed by atoms with van der Waals surface area (Å²) >= 11 is 0. The molecule has 2 aliphatic rings. The summed E-state index contributed by atoms with van der Waals surface area (Å²) < 4.78 is 6.31. The van der Waals surface area contributed by atoms with Crippen molar-refractivity contribution in [2.45, 2.75) is 5.41 Å². The summed E-state index contributed by atoms with van der Waals surface area (Å²) in [5, 5.41) is 2.19. The maximum Gasteiger partial charge on any atom is 0.160 e. The molecule has 2 aliphatic carbocycles. The van der Waals surface area contributed by atoms with Gasteiger partial charge < -0.3 is 4.42 Å². The summed E-state index contributed by atoms with van der Waals surface area (Å²) in [6, 6.07) is 69.9. The second-order valence-corrected chi connectivity index (χ2v) is 14.8. The zero-order valence-electron chi connectivity index (χ0n) is 30.3. The third-order valence-corrected chi connectivity index (χ3v) is 11.9. The molecule has 0 atom stereocenters. The van der Waals surface area contributed by atoms with Gasteiger partial charge in [-0.2, -0.15) is 0 Å². The van der Waals surface area contributed by atoms with Gasteiger partial charge in [0.25, 0.3) is 0 Å². The lowest BCUT2D eigenvalue weighted by atomic mass is 9.66. The second kappa shape index (κ2) is 11.8. The number of hydrogen-bond donors (Lipinski definition) is 0. The number of hydrogen-bond acceptors (Lipinski definition) is 3. The van der Waals surface area contributed by atoms with E-state index in [1.807, 2.05) is 24.3 Å². The summed E-state index contributed by atoms with van der Waals surface area (Å²) in [7, 11) is 0. The SMILES string of the molecule is c1ccc(-c2cc(-c3ccc4c(c3)-c3ccccc3C43c4ccccc4-c4ccccc4-c4ccccc43)nc(-c3ccc4c(c3)oc3ccccc34)n2)cc1. The zero-order chi connectivity index (χ0) is 36.8. The van der Waals surface area contributed by atoms with Gasteiger partial charge in [-0.05, 0) is 86.0 Å². The summed E-state index contributed by atoms with van der Waals surface area (Å²) in [6.45, 7) is 0. The average molecular weight is 713 g/mol. The molecule has 0 unspecified atom stereocenters. The Morgan fingerprint density at radius 2 is 0.821 bits per heavy atom. The third kappa shape index (κ3) is 4.34. The van der Waals surface area contributed by atoms with Gasteiger partial charge in [0.2, 0.25) is 0 Å². The van der Waals surface area contributed by atoms with Crippen molar-refractivity contribution in [1.29, 1.82) is 0 Å². The number of furan rings is 1. The van der Waals surface area contributed by atoms with Crippen molar-refractivity contribution in [3.05, 3.63) is 216 Å². The van der Waals surface area contributed by atoms with Crippen LogP contribution < -0.4 is 0 Å². The van der Waals surface area contributed by atoms with Crippen LogP contribution in [0.3, 0.4) is 0 Å². The first-order valence-corrected chi connectivity index (χ1v) is 19.2. The largest absolute Gasteiger partial charge is 0.456 e. The minimum Gasteiger partial charge on any atom is -0.456 e. The van der Waals surface area contributed by atoms with Gasteiger partial charge in [-0.1, -0.05) is 164 Å². The minimum atomic E-state index is -0.523. The summed E-state index contributed by atoms with van der Waals surface area (Å²) in [5.41, 5.74) is 18.6. The molecule has 260 valence electrons. The van der Waals surface area contributed by atoms with Gasteiger partial charge in [0, 0.05) is 27.5 Å². The molecule has 0 saturated heterocycles. The van der Waals surface area contributed by atoms with E-state index in [9.17, 15) is 0 Å². The van der Waals surface area contributed by atoms with Gasteiger partial charge in [-0.3, -0.25) is 0 Å². The fourth-order valence-corrected chi connectivity index (χ4v) is 9.56. The lowest BCUT2D eigenvalue weighted by molar-refractivity contribution is 0.669. The highest BCUT2D eigenvalue weighted by Gasteiger charge is 2.49.